The SMILES string of the molecule is CCCCNc1nc2ccc(OCCC3CCN(c4ccc(C)nn4)CC3)cc2o1. The van der Waals surface area contributed by atoms with Crippen LogP contribution in [0.15, 0.2) is 34.7 Å². The van der Waals surface area contributed by atoms with E-state index in [2.05, 4.69) is 38.4 Å². The smallest absolute Gasteiger partial charge is 0.295 e. The second-order valence-electron chi connectivity index (χ2n) is 8.03. The second-order valence-corrected chi connectivity index (χ2v) is 8.03. The highest BCUT2D eigenvalue weighted by atomic mass is 16.5. The lowest BCUT2D eigenvalue weighted by atomic mass is 9.94. The van der Waals surface area contributed by atoms with Gasteiger partial charge in [-0.3, -0.25) is 0 Å². The molecule has 7 heteroatoms. The van der Waals surface area contributed by atoms with E-state index in [0.29, 0.717) is 11.9 Å². The van der Waals surface area contributed by atoms with Crippen LogP contribution in [0.5, 0.6) is 5.75 Å². The Balaban J connectivity index is 1.22. The molecule has 0 bridgehead atoms. The molecule has 0 saturated carbocycles. The molecule has 0 amide bonds. The normalized spacial score (nSPS) is 14.9. The van der Waals surface area contributed by atoms with Crippen molar-refractivity contribution in [3.05, 3.63) is 36.0 Å². The van der Waals surface area contributed by atoms with Gasteiger partial charge in [-0.1, -0.05) is 13.3 Å². The summed E-state index contributed by atoms with van der Waals surface area (Å²) in [6.07, 6.45) is 5.63. The van der Waals surface area contributed by atoms with Gasteiger partial charge >= 0.3 is 0 Å². The maximum Gasteiger partial charge on any atom is 0.295 e. The number of nitrogens with one attached hydrogen (secondary N) is 1. The molecular weight excluding hydrogens is 378 g/mol. The van der Waals surface area contributed by atoms with Gasteiger partial charge in [-0.05, 0) is 62.8 Å². The number of aromatic nitrogens is 3. The van der Waals surface area contributed by atoms with Crippen LogP contribution < -0.4 is 15.0 Å². The van der Waals surface area contributed by atoms with E-state index in [1.54, 1.807) is 0 Å². The number of nitrogens with zero attached hydrogens (tertiary/aromatic N) is 4. The molecular formula is C23H31N5O2. The summed E-state index contributed by atoms with van der Waals surface area (Å²) in [6, 6.07) is 10.5. The Morgan fingerprint density at radius 1 is 1.17 bits per heavy atom. The molecule has 1 aliphatic heterocycles. The highest BCUT2D eigenvalue weighted by Crippen LogP contribution is 2.26. The van der Waals surface area contributed by atoms with Gasteiger partial charge in [0.1, 0.15) is 11.3 Å². The van der Waals surface area contributed by atoms with Crippen molar-refractivity contribution < 1.29 is 9.15 Å². The topological polar surface area (TPSA) is 76.3 Å². The third-order valence-electron chi connectivity index (χ3n) is 5.68. The molecule has 160 valence electrons. The molecule has 7 nitrogen and oxygen atoms in total. The number of hydrogen-bond donors (Lipinski definition) is 1. The van der Waals surface area contributed by atoms with Crippen molar-refractivity contribution in [3.63, 3.8) is 0 Å². The third-order valence-corrected chi connectivity index (χ3v) is 5.68. The zero-order valence-corrected chi connectivity index (χ0v) is 17.9. The fourth-order valence-electron chi connectivity index (χ4n) is 3.80. The average Bonchev–Trinajstić information content (AvgIpc) is 3.17. The van der Waals surface area contributed by atoms with Crippen LogP contribution in [0.1, 0.15) is 44.7 Å². The first-order valence-corrected chi connectivity index (χ1v) is 11.0. The Morgan fingerprint density at radius 2 is 2.03 bits per heavy atom. The van der Waals surface area contributed by atoms with Crippen LogP contribution in [0.2, 0.25) is 0 Å². The van der Waals surface area contributed by atoms with Gasteiger partial charge in [-0.15, -0.1) is 5.10 Å². The quantitative estimate of drug-likeness (QED) is 0.508. The summed E-state index contributed by atoms with van der Waals surface area (Å²) in [5, 5.41) is 11.7. The summed E-state index contributed by atoms with van der Waals surface area (Å²) in [5.41, 5.74) is 2.57. The number of hydrogen-bond acceptors (Lipinski definition) is 7. The molecule has 1 aromatic carbocycles. The van der Waals surface area contributed by atoms with Crippen molar-refractivity contribution in [1.29, 1.82) is 0 Å². The molecule has 0 atom stereocenters. The number of unbranched alkanes of at least 4 members (excludes halogenated alkanes) is 1. The molecule has 3 aromatic rings. The Hall–Kier alpha value is -2.83. The zero-order chi connectivity index (χ0) is 20.8. The Bertz CT molecular complexity index is 932. The van der Waals surface area contributed by atoms with Crippen LogP contribution in [-0.4, -0.2) is 41.4 Å². The number of oxazole rings is 1. The minimum atomic E-state index is 0.584. The van der Waals surface area contributed by atoms with Crippen LogP contribution in [0, 0.1) is 12.8 Å². The second kappa shape index (κ2) is 9.78. The number of aryl methyl sites for hydroxylation is 1. The van der Waals surface area contributed by atoms with Gasteiger partial charge in [0.2, 0.25) is 0 Å². The van der Waals surface area contributed by atoms with Crippen molar-refractivity contribution >= 4 is 22.9 Å². The van der Waals surface area contributed by atoms with Crippen molar-refractivity contribution in [2.24, 2.45) is 5.92 Å². The molecule has 0 aliphatic carbocycles. The lowest BCUT2D eigenvalue weighted by molar-refractivity contribution is 0.258. The monoisotopic (exact) mass is 409 g/mol. The zero-order valence-electron chi connectivity index (χ0n) is 17.9. The van der Waals surface area contributed by atoms with Crippen molar-refractivity contribution in [2.45, 2.75) is 46.0 Å². The lowest BCUT2D eigenvalue weighted by Crippen LogP contribution is -2.34. The van der Waals surface area contributed by atoms with E-state index in [4.69, 9.17) is 9.15 Å². The number of ether oxygens (including phenoxy) is 1. The number of piperidine rings is 1. The maximum atomic E-state index is 6.01. The molecule has 0 unspecified atom stereocenters. The summed E-state index contributed by atoms with van der Waals surface area (Å²) in [5.74, 6) is 2.51. The van der Waals surface area contributed by atoms with Crippen LogP contribution >= 0.6 is 0 Å². The Kier molecular flexibility index (Phi) is 6.67. The van der Waals surface area contributed by atoms with Crippen LogP contribution in [0.25, 0.3) is 11.1 Å². The molecule has 4 rings (SSSR count). The van der Waals surface area contributed by atoms with E-state index >= 15 is 0 Å². The molecule has 0 spiro atoms. The van der Waals surface area contributed by atoms with E-state index in [9.17, 15) is 0 Å². The molecule has 0 radical (unpaired) electrons. The van der Waals surface area contributed by atoms with E-state index in [1.807, 2.05) is 31.2 Å². The first-order valence-electron chi connectivity index (χ1n) is 11.0. The Morgan fingerprint density at radius 3 is 2.80 bits per heavy atom. The number of fused-ring (bicyclic) bond motifs is 1. The minimum absolute atomic E-state index is 0.584. The standard InChI is InChI=1S/C23H31N5O2/c1-3-4-12-24-23-25-20-7-6-19(16-21(20)30-23)29-15-11-18-9-13-28(14-10-18)22-8-5-17(2)26-27-22/h5-8,16,18H,3-4,9-15H2,1-2H3,(H,24,25). The molecule has 2 aromatic heterocycles. The van der Waals surface area contributed by atoms with E-state index in [0.717, 1.165) is 86.7 Å². The number of anilines is 2. The third kappa shape index (κ3) is 5.20. The van der Waals surface area contributed by atoms with Crippen LogP contribution in [0.4, 0.5) is 11.8 Å². The fourth-order valence-corrected chi connectivity index (χ4v) is 3.80. The summed E-state index contributed by atoms with van der Waals surface area (Å²) >= 11 is 0. The van der Waals surface area contributed by atoms with Gasteiger partial charge in [-0.25, -0.2) is 0 Å². The van der Waals surface area contributed by atoms with Gasteiger partial charge in [0, 0.05) is 25.7 Å². The first-order chi connectivity index (χ1) is 14.7. The summed E-state index contributed by atoms with van der Waals surface area (Å²) in [7, 11) is 0. The fraction of sp³-hybridized carbons (Fsp3) is 0.522. The molecule has 3 heterocycles. The highest BCUT2D eigenvalue weighted by Gasteiger charge is 2.20. The van der Waals surface area contributed by atoms with Gasteiger partial charge < -0.3 is 19.4 Å². The Labute approximate surface area is 177 Å². The van der Waals surface area contributed by atoms with Crippen molar-refractivity contribution in [1.82, 2.24) is 15.2 Å². The lowest BCUT2D eigenvalue weighted by Gasteiger charge is -2.32. The predicted molar refractivity (Wildman–Crippen MR) is 119 cm³/mol. The molecule has 1 fully saturated rings. The molecule has 1 saturated heterocycles. The van der Waals surface area contributed by atoms with E-state index < -0.39 is 0 Å². The minimum Gasteiger partial charge on any atom is -0.493 e. The molecule has 1 N–H and O–H groups in total. The van der Waals surface area contributed by atoms with Crippen LogP contribution in [-0.2, 0) is 0 Å². The van der Waals surface area contributed by atoms with E-state index in [1.165, 1.54) is 0 Å². The summed E-state index contributed by atoms with van der Waals surface area (Å²) < 4.78 is 11.8. The maximum absolute atomic E-state index is 6.01. The van der Waals surface area contributed by atoms with Gasteiger partial charge in [0.25, 0.3) is 6.01 Å². The number of benzene rings is 1. The highest BCUT2D eigenvalue weighted by molar-refractivity contribution is 5.76. The van der Waals surface area contributed by atoms with Gasteiger partial charge in [0.15, 0.2) is 11.4 Å². The predicted octanol–water partition coefficient (Wildman–Crippen LogP) is 4.82. The van der Waals surface area contributed by atoms with Gasteiger partial charge in [0.05, 0.1) is 12.3 Å². The van der Waals surface area contributed by atoms with Crippen molar-refractivity contribution in [3.8, 4) is 5.75 Å². The number of rotatable bonds is 9. The van der Waals surface area contributed by atoms with Crippen molar-refractivity contribution in [2.75, 3.05) is 36.5 Å². The average molecular weight is 410 g/mol. The van der Waals surface area contributed by atoms with Crippen LogP contribution in [0.3, 0.4) is 0 Å². The van der Waals surface area contributed by atoms with Gasteiger partial charge in [-0.2, -0.15) is 10.1 Å². The molecule has 1 aliphatic rings. The largest absolute Gasteiger partial charge is 0.493 e. The summed E-state index contributed by atoms with van der Waals surface area (Å²) in [6.45, 7) is 7.78. The summed E-state index contributed by atoms with van der Waals surface area (Å²) in [4.78, 5) is 6.80. The molecule has 30 heavy (non-hydrogen) atoms. The van der Waals surface area contributed by atoms with E-state index in [-0.39, 0.29) is 0 Å². The first kappa shape index (κ1) is 20.4.